The first-order chi connectivity index (χ1) is 7.99. The normalized spacial score (nSPS) is 18.8. The quantitative estimate of drug-likeness (QED) is 0.769. The van der Waals surface area contributed by atoms with Crippen LogP contribution in [0.25, 0.3) is 0 Å². The van der Waals surface area contributed by atoms with Gasteiger partial charge in [-0.2, -0.15) is 13.2 Å². The number of hydrogen-bond donors (Lipinski definition) is 0. The van der Waals surface area contributed by atoms with Crippen molar-refractivity contribution in [3.05, 3.63) is 29.8 Å². The van der Waals surface area contributed by atoms with Crippen LogP contribution < -0.4 is 0 Å². The minimum absolute atomic E-state index is 0.267. The van der Waals surface area contributed by atoms with Gasteiger partial charge in [-0.25, -0.2) is 0 Å². The fourth-order valence-corrected chi connectivity index (χ4v) is 2.50. The molecule has 0 aliphatic carbocycles. The van der Waals surface area contributed by atoms with E-state index < -0.39 is 11.6 Å². The second kappa shape index (κ2) is 4.53. The summed E-state index contributed by atoms with van der Waals surface area (Å²) < 4.78 is 43.8. The van der Waals surface area contributed by atoms with Gasteiger partial charge in [-0.1, -0.05) is 19.1 Å². The average Bonchev–Trinajstić information content (AvgIpc) is 2.17. The molecule has 17 heavy (non-hydrogen) atoms. The zero-order valence-electron chi connectivity index (χ0n) is 9.38. The Balaban J connectivity index is 2.26. The van der Waals surface area contributed by atoms with Gasteiger partial charge in [0.1, 0.15) is 5.41 Å². The van der Waals surface area contributed by atoms with Crippen molar-refractivity contribution in [2.75, 3.05) is 19.0 Å². The number of hydrogen-bond acceptors (Lipinski definition) is 2. The van der Waals surface area contributed by atoms with Crippen molar-refractivity contribution in [2.45, 2.75) is 23.4 Å². The first-order valence-electron chi connectivity index (χ1n) is 5.37. The molecule has 0 atom stereocenters. The lowest BCUT2D eigenvalue weighted by molar-refractivity contribution is -0.262. The highest BCUT2D eigenvalue weighted by Gasteiger charge is 2.60. The van der Waals surface area contributed by atoms with E-state index in [1.165, 1.54) is 0 Å². The molecule has 0 N–H and O–H groups in total. The van der Waals surface area contributed by atoms with Gasteiger partial charge >= 0.3 is 6.18 Å². The number of alkyl halides is 3. The third kappa shape index (κ3) is 2.18. The number of thioether (sulfide) groups is 1. The maximum Gasteiger partial charge on any atom is 0.402 e. The van der Waals surface area contributed by atoms with Crippen molar-refractivity contribution < 1.29 is 17.9 Å². The second-order valence-corrected chi connectivity index (χ2v) is 5.37. The lowest BCUT2D eigenvalue weighted by Gasteiger charge is -2.43. The zero-order valence-corrected chi connectivity index (χ0v) is 10.2. The Labute approximate surface area is 102 Å². The van der Waals surface area contributed by atoms with Crippen LogP contribution in [0, 0.1) is 0 Å². The van der Waals surface area contributed by atoms with E-state index in [9.17, 15) is 13.2 Å². The van der Waals surface area contributed by atoms with Crippen LogP contribution in [0.5, 0.6) is 0 Å². The van der Waals surface area contributed by atoms with Crippen LogP contribution in [-0.4, -0.2) is 25.1 Å². The van der Waals surface area contributed by atoms with E-state index in [4.69, 9.17) is 4.74 Å². The number of rotatable bonds is 3. The first kappa shape index (κ1) is 12.8. The van der Waals surface area contributed by atoms with E-state index in [2.05, 4.69) is 0 Å². The highest BCUT2D eigenvalue weighted by atomic mass is 32.2. The molecule has 2 rings (SSSR count). The Hall–Kier alpha value is -0.680. The molecule has 1 heterocycles. The molecule has 1 nitrogen and oxygen atoms in total. The maximum absolute atomic E-state index is 13.0. The predicted molar refractivity (Wildman–Crippen MR) is 61.4 cm³/mol. The van der Waals surface area contributed by atoms with Crippen molar-refractivity contribution in [3.63, 3.8) is 0 Å². The summed E-state index contributed by atoms with van der Waals surface area (Å²) in [4.78, 5) is 0.994. The van der Waals surface area contributed by atoms with Crippen molar-refractivity contribution in [1.29, 1.82) is 0 Å². The summed E-state index contributed by atoms with van der Waals surface area (Å²) in [6, 6.07) is 6.62. The highest BCUT2D eigenvalue weighted by Crippen LogP contribution is 2.46. The zero-order chi connectivity index (χ0) is 12.5. The largest absolute Gasteiger partial charge is 0.402 e. The maximum atomic E-state index is 13.0. The Morgan fingerprint density at radius 3 is 2.18 bits per heavy atom. The van der Waals surface area contributed by atoms with E-state index >= 15 is 0 Å². The molecule has 0 radical (unpaired) electrons. The van der Waals surface area contributed by atoms with Crippen LogP contribution in [0.2, 0.25) is 0 Å². The lowest BCUT2D eigenvalue weighted by atomic mass is 9.78. The topological polar surface area (TPSA) is 9.23 Å². The van der Waals surface area contributed by atoms with Crippen molar-refractivity contribution >= 4 is 11.8 Å². The molecule has 1 aliphatic heterocycles. The fraction of sp³-hybridized carbons (Fsp3) is 0.500. The molecule has 1 saturated heterocycles. The van der Waals surface area contributed by atoms with Crippen molar-refractivity contribution in [1.82, 2.24) is 0 Å². The molecule has 0 amide bonds. The highest BCUT2D eigenvalue weighted by molar-refractivity contribution is 7.99. The first-order valence-corrected chi connectivity index (χ1v) is 6.36. The van der Waals surface area contributed by atoms with Gasteiger partial charge in [-0.3, -0.25) is 0 Å². The minimum atomic E-state index is -4.25. The number of ether oxygens (including phenoxy) is 1. The van der Waals surface area contributed by atoms with Gasteiger partial charge in [-0.15, -0.1) is 11.8 Å². The van der Waals surface area contributed by atoms with Gasteiger partial charge in [0.25, 0.3) is 0 Å². The third-order valence-electron chi connectivity index (χ3n) is 2.96. The Kier molecular flexibility index (Phi) is 3.41. The molecule has 1 fully saturated rings. The summed E-state index contributed by atoms with van der Waals surface area (Å²) in [5, 5.41) is 0. The smallest absolute Gasteiger partial charge is 0.379 e. The van der Waals surface area contributed by atoms with Crippen molar-refractivity contribution in [3.8, 4) is 0 Å². The Bertz CT molecular complexity index is 382. The van der Waals surface area contributed by atoms with Crippen LogP contribution in [0.15, 0.2) is 29.2 Å². The Morgan fingerprint density at radius 1 is 1.24 bits per heavy atom. The molecule has 0 unspecified atom stereocenters. The second-order valence-electron chi connectivity index (χ2n) is 4.03. The van der Waals surface area contributed by atoms with Gasteiger partial charge in [0, 0.05) is 4.90 Å². The molecule has 0 aromatic heterocycles. The molecular weight excluding hydrogens is 249 g/mol. The Morgan fingerprint density at radius 2 is 1.82 bits per heavy atom. The third-order valence-corrected chi connectivity index (χ3v) is 3.85. The summed E-state index contributed by atoms with van der Waals surface area (Å²) in [6.07, 6.45) is -4.25. The van der Waals surface area contributed by atoms with E-state index in [-0.39, 0.29) is 13.2 Å². The van der Waals surface area contributed by atoms with Crippen molar-refractivity contribution in [2.24, 2.45) is 0 Å². The van der Waals surface area contributed by atoms with Crippen LogP contribution in [0.4, 0.5) is 13.2 Å². The SMILES string of the molecule is CCSc1ccc(C2(C(F)(F)F)COC2)cc1. The minimum Gasteiger partial charge on any atom is -0.379 e. The van der Waals surface area contributed by atoms with Gasteiger partial charge in [0.15, 0.2) is 0 Å². The van der Waals surface area contributed by atoms with E-state index in [1.807, 2.05) is 6.92 Å². The standard InChI is InChI=1S/C12H13F3OS/c1-2-17-10-5-3-9(4-6-10)11(7-16-8-11)12(13,14)15/h3-6H,2,7-8H2,1H3. The number of halogens is 3. The molecule has 94 valence electrons. The summed E-state index contributed by atoms with van der Waals surface area (Å²) in [7, 11) is 0. The summed E-state index contributed by atoms with van der Waals surface area (Å²) in [5.41, 5.74) is -1.49. The summed E-state index contributed by atoms with van der Waals surface area (Å²) in [6.45, 7) is 1.48. The molecule has 1 aromatic carbocycles. The average molecular weight is 262 g/mol. The van der Waals surface area contributed by atoms with E-state index in [0.29, 0.717) is 5.56 Å². The van der Waals surface area contributed by atoms with Crippen LogP contribution in [-0.2, 0) is 10.2 Å². The van der Waals surface area contributed by atoms with Gasteiger partial charge in [0.05, 0.1) is 13.2 Å². The molecule has 1 aliphatic rings. The molecule has 5 heteroatoms. The van der Waals surface area contributed by atoms with Gasteiger partial charge in [0.2, 0.25) is 0 Å². The lowest BCUT2D eigenvalue weighted by Crippen LogP contribution is -2.57. The molecule has 1 aromatic rings. The fourth-order valence-electron chi connectivity index (χ4n) is 1.84. The summed E-state index contributed by atoms with van der Waals surface area (Å²) >= 11 is 1.62. The molecular formula is C12H13F3OS. The van der Waals surface area contributed by atoms with Crippen LogP contribution in [0.1, 0.15) is 12.5 Å². The summed E-state index contributed by atoms with van der Waals surface area (Å²) in [5.74, 6) is 0.910. The van der Waals surface area contributed by atoms with Crippen LogP contribution in [0.3, 0.4) is 0 Å². The monoisotopic (exact) mass is 262 g/mol. The van der Waals surface area contributed by atoms with Crippen LogP contribution >= 0.6 is 11.8 Å². The number of benzene rings is 1. The molecule has 0 spiro atoms. The van der Waals surface area contributed by atoms with E-state index in [0.717, 1.165) is 10.6 Å². The predicted octanol–water partition coefficient (Wildman–Crippen LogP) is 3.63. The molecule has 0 bridgehead atoms. The van der Waals surface area contributed by atoms with E-state index in [1.54, 1.807) is 36.0 Å². The van der Waals surface area contributed by atoms with Gasteiger partial charge in [-0.05, 0) is 23.4 Å². The molecule has 0 saturated carbocycles. The van der Waals surface area contributed by atoms with Gasteiger partial charge < -0.3 is 4.74 Å².